The Bertz CT molecular complexity index is 424. The van der Waals surface area contributed by atoms with Gasteiger partial charge in [0, 0.05) is 9.35 Å². The number of nitrogens with one attached hydrogen (secondary N) is 1. The molecule has 0 radical (unpaired) electrons. The zero-order valence-electron chi connectivity index (χ0n) is 7.16. The van der Waals surface area contributed by atoms with E-state index in [1.807, 2.05) is 6.07 Å². The second-order valence-corrected chi connectivity index (χ2v) is 5.53. The van der Waals surface area contributed by atoms with Gasteiger partial charge in [0.1, 0.15) is 5.00 Å². The van der Waals surface area contributed by atoms with Crippen molar-refractivity contribution in [1.82, 2.24) is 4.98 Å². The van der Waals surface area contributed by atoms with Gasteiger partial charge in [-0.1, -0.05) is 11.3 Å². The monoisotopic (exact) mass is 289 g/mol. The maximum Gasteiger partial charge on any atom is 0.184 e. The minimum atomic E-state index is 0.734. The molecular weight excluding hydrogens is 282 g/mol. The molecule has 2 aromatic heterocycles. The minimum Gasteiger partial charge on any atom is -0.389 e. The third-order valence-electron chi connectivity index (χ3n) is 1.61. The minimum absolute atomic E-state index is 0.734. The summed E-state index contributed by atoms with van der Waals surface area (Å²) in [5, 5.41) is 6.87. The first-order valence-corrected chi connectivity index (χ1v) is 6.41. The van der Waals surface area contributed by atoms with Crippen LogP contribution in [0.15, 0.2) is 22.1 Å². The van der Waals surface area contributed by atoms with Crippen molar-refractivity contribution in [1.29, 1.82) is 0 Å². The van der Waals surface area contributed by atoms with Crippen molar-refractivity contribution in [2.75, 3.05) is 11.1 Å². The van der Waals surface area contributed by atoms with Crippen LogP contribution in [0.4, 0.5) is 10.1 Å². The Morgan fingerprint density at radius 1 is 1.57 bits per heavy atom. The molecule has 6 heteroatoms. The molecule has 0 saturated carbocycles. The molecule has 0 atom stereocenters. The molecule has 14 heavy (non-hydrogen) atoms. The number of nitrogens with zero attached hydrogens (tertiary/aromatic N) is 1. The molecular formula is C8H8BrN3S2. The Hall–Kier alpha value is -0.590. The topological polar surface area (TPSA) is 50.9 Å². The van der Waals surface area contributed by atoms with Crippen molar-refractivity contribution in [3.63, 3.8) is 0 Å². The molecule has 0 aliphatic heterocycles. The van der Waals surface area contributed by atoms with Gasteiger partial charge in [-0.25, -0.2) is 4.98 Å². The number of hydrogen-bond acceptors (Lipinski definition) is 5. The predicted molar refractivity (Wildman–Crippen MR) is 65.9 cm³/mol. The molecule has 3 N–H and O–H groups in total. The highest BCUT2D eigenvalue weighted by Gasteiger charge is 2.02. The lowest BCUT2D eigenvalue weighted by Crippen LogP contribution is -1.96. The molecule has 2 rings (SSSR count). The third-order valence-corrected chi connectivity index (χ3v) is 4.33. The number of rotatable bonds is 3. The normalized spacial score (nSPS) is 10.4. The van der Waals surface area contributed by atoms with Gasteiger partial charge in [-0.2, -0.15) is 0 Å². The summed E-state index contributed by atoms with van der Waals surface area (Å²) < 4.78 is 1.14. The van der Waals surface area contributed by atoms with Crippen LogP contribution >= 0.6 is 38.6 Å². The smallest absolute Gasteiger partial charge is 0.184 e. The maximum absolute atomic E-state index is 5.57. The predicted octanol–water partition coefficient (Wildman–Crippen LogP) is 3.16. The summed E-state index contributed by atoms with van der Waals surface area (Å²) in [5.41, 5.74) is 5.57. The van der Waals surface area contributed by atoms with Gasteiger partial charge in [0.2, 0.25) is 0 Å². The van der Waals surface area contributed by atoms with Crippen molar-refractivity contribution >= 4 is 48.7 Å². The lowest BCUT2D eigenvalue weighted by Gasteiger charge is -1.99. The van der Waals surface area contributed by atoms with Crippen LogP contribution < -0.4 is 11.1 Å². The number of halogens is 1. The fraction of sp³-hybridized carbons (Fsp3) is 0.125. The largest absolute Gasteiger partial charge is 0.389 e. The third kappa shape index (κ3) is 2.26. The van der Waals surface area contributed by atoms with Crippen LogP contribution in [0.5, 0.6) is 0 Å². The van der Waals surface area contributed by atoms with E-state index in [0.29, 0.717) is 0 Å². The van der Waals surface area contributed by atoms with E-state index in [2.05, 4.69) is 31.6 Å². The standard InChI is InChI=1S/C8H8BrN3S2/c9-5-1-2-13-6(5)3-11-8-12-4-7(10)14-8/h1-2,4H,3,10H2,(H,11,12). The second kappa shape index (κ2) is 4.29. The summed E-state index contributed by atoms with van der Waals surface area (Å²) in [4.78, 5) is 5.38. The summed E-state index contributed by atoms with van der Waals surface area (Å²) in [5.74, 6) is 0. The Kier molecular flexibility index (Phi) is 3.05. The molecule has 74 valence electrons. The van der Waals surface area contributed by atoms with Crippen LogP contribution in [-0.4, -0.2) is 4.98 Å². The zero-order chi connectivity index (χ0) is 9.97. The van der Waals surface area contributed by atoms with Crippen molar-refractivity contribution < 1.29 is 0 Å². The van der Waals surface area contributed by atoms with Gasteiger partial charge in [-0.3, -0.25) is 0 Å². The van der Waals surface area contributed by atoms with Gasteiger partial charge in [-0.05, 0) is 27.4 Å². The number of nitrogens with two attached hydrogens (primary N) is 1. The van der Waals surface area contributed by atoms with Gasteiger partial charge in [0.05, 0.1) is 12.7 Å². The second-order valence-electron chi connectivity index (χ2n) is 2.61. The molecule has 0 aliphatic carbocycles. The maximum atomic E-state index is 5.57. The molecule has 0 amide bonds. The lowest BCUT2D eigenvalue weighted by atomic mass is 10.5. The average molecular weight is 290 g/mol. The van der Waals surface area contributed by atoms with Gasteiger partial charge in [0.15, 0.2) is 5.13 Å². The number of thiophene rings is 1. The van der Waals surface area contributed by atoms with Gasteiger partial charge < -0.3 is 11.1 Å². The summed E-state index contributed by atoms with van der Waals surface area (Å²) in [6, 6.07) is 2.04. The van der Waals surface area contributed by atoms with Crippen molar-refractivity contribution in [2.45, 2.75) is 6.54 Å². The summed E-state index contributed by atoms with van der Waals surface area (Å²) in [7, 11) is 0. The quantitative estimate of drug-likeness (QED) is 0.913. The fourth-order valence-corrected chi connectivity index (χ4v) is 2.99. The van der Waals surface area contributed by atoms with Gasteiger partial charge in [-0.15, -0.1) is 11.3 Å². The molecule has 0 bridgehead atoms. The number of thiazole rings is 1. The van der Waals surface area contributed by atoms with E-state index in [-0.39, 0.29) is 0 Å². The molecule has 3 nitrogen and oxygen atoms in total. The van der Waals surface area contributed by atoms with Gasteiger partial charge in [0.25, 0.3) is 0 Å². The van der Waals surface area contributed by atoms with Crippen LogP contribution in [0, 0.1) is 0 Å². The van der Waals surface area contributed by atoms with Crippen LogP contribution in [-0.2, 0) is 6.54 Å². The Labute approximate surface area is 98.1 Å². The molecule has 0 fully saturated rings. The average Bonchev–Trinajstić information content (AvgIpc) is 2.72. The van der Waals surface area contributed by atoms with E-state index < -0.39 is 0 Å². The van der Waals surface area contributed by atoms with E-state index in [0.717, 1.165) is 21.2 Å². The number of nitrogen functional groups attached to an aromatic ring is 1. The van der Waals surface area contributed by atoms with Crippen LogP contribution in [0.2, 0.25) is 0 Å². The molecule has 0 saturated heterocycles. The lowest BCUT2D eigenvalue weighted by molar-refractivity contribution is 1.16. The van der Waals surface area contributed by atoms with E-state index in [4.69, 9.17) is 5.73 Å². The first kappa shape index (κ1) is 9.95. The molecule has 0 aliphatic rings. The first-order chi connectivity index (χ1) is 6.75. The van der Waals surface area contributed by atoms with Crippen molar-refractivity contribution in [3.8, 4) is 0 Å². The Morgan fingerprint density at radius 2 is 2.43 bits per heavy atom. The molecule has 0 unspecified atom stereocenters. The highest BCUT2D eigenvalue weighted by atomic mass is 79.9. The van der Waals surface area contributed by atoms with Crippen LogP contribution in [0.25, 0.3) is 0 Å². The fourth-order valence-electron chi connectivity index (χ4n) is 0.975. The zero-order valence-corrected chi connectivity index (χ0v) is 10.4. The SMILES string of the molecule is Nc1cnc(NCc2sccc2Br)s1. The van der Waals surface area contributed by atoms with Crippen LogP contribution in [0.3, 0.4) is 0 Å². The summed E-state index contributed by atoms with van der Waals surface area (Å²) in [6.07, 6.45) is 1.66. The van der Waals surface area contributed by atoms with Crippen molar-refractivity contribution in [3.05, 3.63) is 27.0 Å². The Morgan fingerprint density at radius 3 is 3.00 bits per heavy atom. The van der Waals surface area contributed by atoms with E-state index in [1.165, 1.54) is 16.2 Å². The highest BCUT2D eigenvalue weighted by molar-refractivity contribution is 9.10. The van der Waals surface area contributed by atoms with Gasteiger partial charge >= 0.3 is 0 Å². The summed E-state index contributed by atoms with van der Waals surface area (Å²) in [6.45, 7) is 0.783. The molecule has 0 spiro atoms. The number of hydrogen-bond donors (Lipinski definition) is 2. The first-order valence-electron chi connectivity index (χ1n) is 3.93. The molecule has 0 aromatic carbocycles. The Balaban J connectivity index is 1.98. The van der Waals surface area contributed by atoms with Crippen molar-refractivity contribution in [2.24, 2.45) is 0 Å². The molecule has 2 aromatic rings. The van der Waals surface area contributed by atoms with E-state index >= 15 is 0 Å². The van der Waals surface area contributed by atoms with E-state index in [9.17, 15) is 0 Å². The number of aromatic nitrogens is 1. The number of anilines is 2. The molecule has 2 heterocycles. The van der Waals surface area contributed by atoms with E-state index in [1.54, 1.807) is 17.5 Å². The summed E-state index contributed by atoms with van der Waals surface area (Å²) >= 11 is 6.65. The highest BCUT2D eigenvalue weighted by Crippen LogP contribution is 2.25. The van der Waals surface area contributed by atoms with Crippen LogP contribution in [0.1, 0.15) is 4.88 Å².